The van der Waals surface area contributed by atoms with Crippen molar-refractivity contribution in [3.63, 3.8) is 0 Å². The predicted octanol–water partition coefficient (Wildman–Crippen LogP) is 0.147. The molecule has 0 aromatic heterocycles. The first-order valence-electron chi connectivity index (χ1n) is 5.38. The van der Waals surface area contributed by atoms with Gasteiger partial charge in [-0.15, -0.1) is 0 Å². The highest BCUT2D eigenvalue weighted by atomic mass is 16.4. The van der Waals surface area contributed by atoms with Gasteiger partial charge in [0.1, 0.15) is 0 Å². The molecule has 0 aliphatic rings. The van der Waals surface area contributed by atoms with E-state index in [4.69, 9.17) is 10.8 Å². The third kappa shape index (κ3) is 5.12. The van der Waals surface area contributed by atoms with Gasteiger partial charge in [0, 0.05) is 6.54 Å². The van der Waals surface area contributed by atoms with Gasteiger partial charge in [-0.05, 0) is 12.0 Å². The maximum Gasteiger partial charge on any atom is 0.305 e. The molecule has 0 heterocycles. The number of rotatable bonds is 6. The van der Waals surface area contributed by atoms with Crippen LogP contribution in [0.25, 0.3) is 0 Å². The van der Waals surface area contributed by atoms with Crippen LogP contribution in [0, 0.1) is 0 Å². The van der Waals surface area contributed by atoms with E-state index in [9.17, 15) is 9.59 Å². The standard InChI is InChI=1S/C12H16N2O3/c13-10(8-11(15)16)12(17)14-7-6-9-4-2-1-3-5-9/h1-5,10H,6-8,13H2,(H,14,17)(H,15,16)/t10-/m1/s1. The van der Waals surface area contributed by atoms with Crippen molar-refractivity contribution < 1.29 is 14.7 Å². The van der Waals surface area contributed by atoms with E-state index in [1.54, 1.807) is 0 Å². The van der Waals surface area contributed by atoms with Crippen LogP contribution < -0.4 is 11.1 Å². The van der Waals surface area contributed by atoms with Crippen molar-refractivity contribution in [2.45, 2.75) is 18.9 Å². The van der Waals surface area contributed by atoms with E-state index in [0.717, 1.165) is 5.56 Å². The SMILES string of the molecule is N[C@H](CC(=O)O)C(=O)NCCc1ccccc1. The van der Waals surface area contributed by atoms with E-state index in [0.29, 0.717) is 13.0 Å². The number of benzene rings is 1. The Bertz CT molecular complexity index is 379. The van der Waals surface area contributed by atoms with E-state index in [-0.39, 0.29) is 6.42 Å². The Morgan fingerprint density at radius 1 is 1.29 bits per heavy atom. The van der Waals surface area contributed by atoms with Crippen molar-refractivity contribution in [1.29, 1.82) is 0 Å². The average Bonchev–Trinajstić information content (AvgIpc) is 2.29. The van der Waals surface area contributed by atoms with Crippen LogP contribution in [-0.4, -0.2) is 29.6 Å². The largest absolute Gasteiger partial charge is 0.481 e. The fourth-order valence-corrected chi connectivity index (χ4v) is 1.39. The molecule has 1 aromatic carbocycles. The number of carboxylic acid groups (broad SMARTS) is 1. The summed E-state index contributed by atoms with van der Waals surface area (Å²) in [6.45, 7) is 0.455. The number of aliphatic carboxylic acids is 1. The van der Waals surface area contributed by atoms with E-state index >= 15 is 0 Å². The summed E-state index contributed by atoms with van der Waals surface area (Å²) < 4.78 is 0. The van der Waals surface area contributed by atoms with Crippen LogP contribution in [0.2, 0.25) is 0 Å². The first kappa shape index (κ1) is 13.2. The van der Waals surface area contributed by atoms with Crippen LogP contribution in [-0.2, 0) is 16.0 Å². The molecule has 0 radical (unpaired) electrons. The lowest BCUT2D eigenvalue weighted by Crippen LogP contribution is -2.42. The molecule has 0 aliphatic carbocycles. The summed E-state index contributed by atoms with van der Waals surface area (Å²) in [6, 6.07) is 8.71. The number of carbonyl (C=O) groups excluding carboxylic acids is 1. The molecule has 1 rings (SSSR count). The fraction of sp³-hybridized carbons (Fsp3) is 0.333. The Morgan fingerprint density at radius 3 is 2.53 bits per heavy atom. The lowest BCUT2D eigenvalue weighted by Gasteiger charge is -2.09. The molecular formula is C12H16N2O3. The third-order valence-electron chi connectivity index (χ3n) is 2.29. The van der Waals surface area contributed by atoms with Gasteiger partial charge < -0.3 is 16.2 Å². The minimum absolute atomic E-state index is 0.350. The van der Waals surface area contributed by atoms with E-state index in [1.807, 2.05) is 30.3 Å². The number of nitrogens with two attached hydrogens (primary N) is 1. The van der Waals surface area contributed by atoms with Gasteiger partial charge in [-0.3, -0.25) is 9.59 Å². The van der Waals surface area contributed by atoms with Crippen LogP contribution in [0.5, 0.6) is 0 Å². The third-order valence-corrected chi connectivity index (χ3v) is 2.29. The van der Waals surface area contributed by atoms with Crippen LogP contribution in [0.3, 0.4) is 0 Å². The number of amides is 1. The highest BCUT2D eigenvalue weighted by molar-refractivity contribution is 5.85. The van der Waals surface area contributed by atoms with Crippen molar-refractivity contribution in [2.75, 3.05) is 6.54 Å². The minimum Gasteiger partial charge on any atom is -0.481 e. The molecule has 0 saturated carbocycles. The zero-order valence-electron chi connectivity index (χ0n) is 9.43. The number of carbonyl (C=O) groups is 2. The first-order valence-corrected chi connectivity index (χ1v) is 5.38. The minimum atomic E-state index is -1.07. The van der Waals surface area contributed by atoms with Gasteiger partial charge >= 0.3 is 5.97 Å². The van der Waals surface area contributed by atoms with Crippen molar-refractivity contribution in [3.8, 4) is 0 Å². The first-order chi connectivity index (χ1) is 8.09. The lowest BCUT2D eigenvalue weighted by molar-refractivity contribution is -0.139. The van der Waals surface area contributed by atoms with Crippen molar-refractivity contribution in [1.82, 2.24) is 5.32 Å². The zero-order valence-corrected chi connectivity index (χ0v) is 9.43. The highest BCUT2D eigenvalue weighted by Gasteiger charge is 2.15. The molecule has 0 saturated heterocycles. The maximum atomic E-state index is 11.4. The molecule has 0 fully saturated rings. The quantitative estimate of drug-likeness (QED) is 0.655. The van der Waals surface area contributed by atoms with Crippen molar-refractivity contribution in [2.24, 2.45) is 5.73 Å². The number of nitrogens with one attached hydrogen (secondary N) is 1. The van der Waals surface area contributed by atoms with Gasteiger partial charge in [-0.2, -0.15) is 0 Å². The molecular weight excluding hydrogens is 220 g/mol. The Hall–Kier alpha value is -1.88. The molecule has 0 aliphatic heterocycles. The van der Waals surface area contributed by atoms with Crippen molar-refractivity contribution in [3.05, 3.63) is 35.9 Å². The molecule has 5 nitrogen and oxygen atoms in total. The van der Waals surface area contributed by atoms with Crippen LogP contribution >= 0.6 is 0 Å². The van der Waals surface area contributed by atoms with E-state index < -0.39 is 17.9 Å². The Labute approximate surface area is 99.6 Å². The smallest absolute Gasteiger partial charge is 0.305 e. The highest BCUT2D eigenvalue weighted by Crippen LogP contribution is 1.98. The normalized spacial score (nSPS) is 11.8. The predicted molar refractivity (Wildman–Crippen MR) is 63.4 cm³/mol. The molecule has 92 valence electrons. The molecule has 1 aromatic rings. The zero-order chi connectivity index (χ0) is 12.7. The lowest BCUT2D eigenvalue weighted by atomic mass is 10.1. The number of hydrogen-bond donors (Lipinski definition) is 3. The number of carboxylic acids is 1. The Morgan fingerprint density at radius 2 is 1.94 bits per heavy atom. The van der Waals surface area contributed by atoms with Crippen LogP contribution in [0.4, 0.5) is 0 Å². The van der Waals surface area contributed by atoms with Crippen LogP contribution in [0.15, 0.2) is 30.3 Å². The summed E-state index contributed by atoms with van der Waals surface area (Å²) in [7, 11) is 0. The van der Waals surface area contributed by atoms with Gasteiger partial charge in [0.2, 0.25) is 5.91 Å². The summed E-state index contributed by atoms with van der Waals surface area (Å²) >= 11 is 0. The van der Waals surface area contributed by atoms with E-state index in [2.05, 4.69) is 5.32 Å². The fourth-order valence-electron chi connectivity index (χ4n) is 1.39. The second-order valence-electron chi connectivity index (χ2n) is 3.73. The van der Waals surface area contributed by atoms with Gasteiger partial charge in [0.05, 0.1) is 12.5 Å². The molecule has 0 bridgehead atoms. The van der Waals surface area contributed by atoms with Crippen LogP contribution in [0.1, 0.15) is 12.0 Å². The maximum absolute atomic E-state index is 11.4. The Balaban J connectivity index is 2.27. The summed E-state index contributed by atoms with van der Waals surface area (Å²) in [5.41, 5.74) is 6.52. The summed E-state index contributed by atoms with van der Waals surface area (Å²) in [4.78, 5) is 21.7. The monoisotopic (exact) mass is 236 g/mol. The molecule has 0 spiro atoms. The molecule has 1 atom stereocenters. The van der Waals surface area contributed by atoms with Gasteiger partial charge in [-0.1, -0.05) is 30.3 Å². The summed E-state index contributed by atoms with van der Waals surface area (Å²) in [6.07, 6.45) is 0.351. The molecule has 1 amide bonds. The topological polar surface area (TPSA) is 92.4 Å². The molecule has 5 heteroatoms. The Kier molecular flexibility index (Phi) is 5.16. The van der Waals surface area contributed by atoms with E-state index in [1.165, 1.54) is 0 Å². The summed E-state index contributed by atoms with van der Waals surface area (Å²) in [5, 5.41) is 11.1. The van der Waals surface area contributed by atoms with Gasteiger partial charge in [-0.25, -0.2) is 0 Å². The molecule has 4 N–H and O–H groups in total. The average molecular weight is 236 g/mol. The van der Waals surface area contributed by atoms with Gasteiger partial charge in [0.25, 0.3) is 0 Å². The van der Waals surface area contributed by atoms with Gasteiger partial charge in [0.15, 0.2) is 0 Å². The second kappa shape index (κ2) is 6.65. The molecule has 17 heavy (non-hydrogen) atoms. The van der Waals surface area contributed by atoms with Crippen molar-refractivity contribution >= 4 is 11.9 Å². The molecule has 0 unspecified atom stereocenters. The summed E-state index contributed by atoms with van der Waals surface area (Å²) in [5.74, 6) is -1.50. The number of hydrogen-bond acceptors (Lipinski definition) is 3. The second-order valence-corrected chi connectivity index (χ2v) is 3.73.